The summed E-state index contributed by atoms with van der Waals surface area (Å²) in [4.78, 5) is 15.1. The zero-order valence-electron chi connectivity index (χ0n) is 30.2. The molecule has 0 unspecified atom stereocenters. The van der Waals surface area contributed by atoms with Crippen molar-refractivity contribution >= 4 is 43.7 Å². The molecule has 3 heterocycles. The summed E-state index contributed by atoms with van der Waals surface area (Å²) >= 11 is 0. The summed E-state index contributed by atoms with van der Waals surface area (Å²) in [5.74, 6) is 1.89. The normalized spacial score (nSPS) is 11.6. The van der Waals surface area contributed by atoms with Gasteiger partial charge in [-0.1, -0.05) is 146 Å². The topological polar surface area (TPSA) is 56.7 Å². The summed E-state index contributed by atoms with van der Waals surface area (Å²) < 4.78 is 8.86. The van der Waals surface area contributed by atoms with Crippen molar-refractivity contribution in [3.63, 3.8) is 0 Å². The van der Waals surface area contributed by atoms with Gasteiger partial charge in [-0.2, -0.15) is 0 Å². The van der Waals surface area contributed by atoms with Gasteiger partial charge in [-0.05, 0) is 64.7 Å². The third-order valence-electron chi connectivity index (χ3n) is 10.7. The van der Waals surface area contributed by atoms with E-state index in [2.05, 4.69) is 156 Å². The van der Waals surface area contributed by atoms with Crippen LogP contribution in [-0.4, -0.2) is 19.5 Å². The number of para-hydroxylation sites is 1. The van der Waals surface area contributed by atoms with Gasteiger partial charge >= 0.3 is 0 Å². The maximum Gasteiger partial charge on any atom is 0.164 e. The Balaban J connectivity index is 1.05. The fraction of sp³-hybridized carbons (Fsp3) is 0. The molecule has 3 aromatic heterocycles. The van der Waals surface area contributed by atoms with Gasteiger partial charge in [0, 0.05) is 50.0 Å². The molecule has 0 saturated carbocycles. The van der Waals surface area contributed by atoms with Crippen LogP contribution in [0, 0.1) is 0 Å². The third-order valence-corrected chi connectivity index (χ3v) is 10.7. The van der Waals surface area contributed by atoms with E-state index in [1.807, 2.05) is 42.5 Å². The maximum absolute atomic E-state index is 6.54. The molecule has 0 amide bonds. The molecule has 5 heteroatoms. The predicted molar refractivity (Wildman–Crippen MR) is 229 cm³/mol. The van der Waals surface area contributed by atoms with Crippen molar-refractivity contribution in [2.75, 3.05) is 0 Å². The minimum Gasteiger partial charge on any atom is -0.456 e. The molecule has 0 bridgehead atoms. The van der Waals surface area contributed by atoms with Gasteiger partial charge in [-0.15, -0.1) is 0 Å². The van der Waals surface area contributed by atoms with E-state index in [1.165, 1.54) is 16.7 Å². The van der Waals surface area contributed by atoms with E-state index in [1.54, 1.807) is 0 Å². The molecule has 11 rings (SSSR count). The Kier molecular flexibility index (Phi) is 7.42. The van der Waals surface area contributed by atoms with Crippen molar-refractivity contribution in [1.29, 1.82) is 0 Å². The van der Waals surface area contributed by atoms with Crippen molar-refractivity contribution < 1.29 is 4.42 Å². The van der Waals surface area contributed by atoms with E-state index >= 15 is 0 Å². The molecule has 0 aliphatic carbocycles. The van der Waals surface area contributed by atoms with Crippen LogP contribution in [0.15, 0.2) is 199 Å². The summed E-state index contributed by atoms with van der Waals surface area (Å²) in [6.45, 7) is 0. The number of hydrogen-bond acceptors (Lipinski definition) is 4. The Morgan fingerprint density at radius 3 is 1.62 bits per heavy atom. The first-order chi connectivity index (χ1) is 27.7. The lowest BCUT2D eigenvalue weighted by Gasteiger charge is -2.10. The van der Waals surface area contributed by atoms with E-state index in [0.717, 1.165) is 71.7 Å². The van der Waals surface area contributed by atoms with Gasteiger partial charge in [0.15, 0.2) is 17.5 Å². The second-order valence-electron chi connectivity index (χ2n) is 14.0. The lowest BCUT2D eigenvalue weighted by Crippen LogP contribution is -2.00. The number of rotatable bonds is 6. The summed E-state index contributed by atoms with van der Waals surface area (Å²) in [5, 5.41) is 4.49. The van der Waals surface area contributed by atoms with Gasteiger partial charge in [0.05, 0.1) is 11.0 Å². The van der Waals surface area contributed by atoms with Crippen LogP contribution in [0.2, 0.25) is 0 Å². The second kappa shape index (κ2) is 13.0. The highest BCUT2D eigenvalue weighted by Gasteiger charge is 2.19. The number of aromatic nitrogens is 4. The molecule has 0 radical (unpaired) electrons. The van der Waals surface area contributed by atoms with Crippen molar-refractivity contribution in [3.8, 4) is 62.1 Å². The molecule has 56 heavy (non-hydrogen) atoms. The van der Waals surface area contributed by atoms with Crippen LogP contribution in [0.25, 0.3) is 106 Å². The van der Waals surface area contributed by atoms with E-state index in [4.69, 9.17) is 19.4 Å². The molecule has 262 valence electrons. The Hall–Kier alpha value is -7.63. The first-order valence-corrected chi connectivity index (χ1v) is 18.8. The molecule has 8 aromatic carbocycles. The van der Waals surface area contributed by atoms with Gasteiger partial charge < -0.3 is 8.98 Å². The molecule has 0 fully saturated rings. The molecule has 0 aliphatic heterocycles. The fourth-order valence-electron chi connectivity index (χ4n) is 7.99. The van der Waals surface area contributed by atoms with Crippen LogP contribution in [0.5, 0.6) is 0 Å². The van der Waals surface area contributed by atoms with Crippen molar-refractivity contribution in [3.05, 3.63) is 194 Å². The summed E-state index contributed by atoms with van der Waals surface area (Å²) in [6.07, 6.45) is 0. The second-order valence-corrected chi connectivity index (χ2v) is 14.0. The SMILES string of the molecule is c1ccc(-c2ccc(-c3nc(-c4ccccc4)nc(-c4ccc5c(c4)c4ccccc4n5-c4ccc5c(c4)oc4cccc(-c6ccccc6)c45)n3)cc2)cc1. The highest BCUT2D eigenvalue weighted by molar-refractivity contribution is 6.14. The monoisotopic (exact) mass is 716 g/mol. The average molecular weight is 717 g/mol. The zero-order valence-corrected chi connectivity index (χ0v) is 30.2. The van der Waals surface area contributed by atoms with Crippen LogP contribution in [0.1, 0.15) is 0 Å². The largest absolute Gasteiger partial charge is 0.456 e. The quantitative estimate of drug-likeness (QED) is 0.172. The number of hydrogen-bond donors (Lipinski definition) is 0. The van der Waals surface area contributed by atoms with E-state index in [9.17, 15) is 0 Å². The third kappa shape index (κ3) is 5.37. The van der Waals surface area contributed by atoms with Crippen molar-refractivity contribution in [2.45, 2.75) is 0 Å². The fourth-order valence-corrected chi connectivity index (χ4v) is 7.99. The predicted octanol–water partition coefficient (Wildman–Crippen LogP) is 13.2. The molecule has 0 spiro atoms. The minimum absolute atomic E-state index is 0.623. The molecule has 0 aliphatic rings. The molecule has 5 nitrogen and oxygen atoms in total. The Bertz CT molecular complexity index is 3220. The standard InChI is InChI=1S/C51H32N4O/c1-4-13-33(14-5-1)34-23-25-37(26-24-34)50-52-49(36-17-8-3-9-18-36)53-51(54-50)38-27-30-45-43(31-38)41-19-10-11-21-44(41)55(45)39-28-29-42-47(32-39)56-46-22-12-20-40(48(42)46)35-15-6-2-7-16-35/h1-32H. The molecule has 0 saturated heterocycles. The van der Waals surface area contributed by atoms with Crippen molar-refractivity contribution in [2.24, 2.45) is 0 Å². The Morgan fingerprint density at radius 2 is 0.893 bits per heavy atom. The minimum atomic E-state index is 0.623. The zero-order chi connectivity index (χ0) is 37.0. The van der Waals surface area contributed by atoms with Crippen LogP contribution >= 0.6 is 0 Å². The lowest BCUT2D eigenvalue weighted by atomic mass is 9.99. The van der Waals surface area contributed by atoms with E-state index < -0.39 is 0 Å². The van der Waals surface area contributed by atoms with Gasteiger partial charge in [0.1, 0.15) is 11.2 Å². The lowest BCUT2D eigenvalue weighted by molar-refractivity contribution is 0.668. The number of fused-ring (bicyclic) bond motifs is 6. The van der Waals surface area contributed by atoms with Gasteiger partial charge in [-0.3, -0.25) is 0 Å². The molecule has 11 aromatic rings. The highest BCUT2D eigenvalue weighted by atomic mass is 16.3. The maximum atomic E-state index is 6.54. The van der Waals surface area contributed by atoms with E-state index in [-0.39, 0.29) is 0 Å². The summed E-state index contributed by atoms with van der Waals surface area (Å²) in [7, 11) is 0. The van der Waals surface area contributed by atoms with Gasteiger partial charge in [0.2, 0.25) is 0 Å². The summed E-state index contributed by atoms with van der Waals surface area (Å²) in [5.41, 5.74) is 12.4. The molecular weight excluding hydrogens is 685 g/mol. The number of benzene rings is 8. The van der Waals surface area contributed by atoms with Crippen LogP contribution in [0.3, 0.4) is 0 Å². The smallest absolute Gasteiger partial charge is 0.164 e. The molecule has 0 atom stereocenters. The highest BCUT2D eigenvalue weighted by Crippen LogP contribution is 2.40. The van der Waals surface area contributed by atoms with Crippen LogP contribution in [0.4, 0.5) is 0 Å². The molecule has 0 N–H and O–H groups in total. The van der Waals surface area contributed by atoms with Gasteiger partial charge in [-0.25, -0.2) is 15.0 Å². The first kappa shape index (κ1) is 31.9. The molecular formula is C51H32N4O. The van der Waals surface area contributed by atoms with Crippen LogP contribution in [-0.2, 0) is 0 Å². The Morgan fingerprint density at radius 1 is 0.339 bits per heavy atom. The average Bonchev–Trinajstić information content (AvgIpc) is 3.82. The van der Waals surface area contributed by atoms with Gasteiger partial charge in [0.25, 0.3) is 0 Å². The van der Waals surface area contributed by atoms with Crippen LogP contribution < -0.4 is 0 Å². The number of nitrogens with zero attached hydrogens (tertiary/aromatic N) is 4. The first-order valence-electron chi connectivity index (χ1n) is 18.8. The number of furan rings is 1. The van der Waals surface area contributed by atoms with E-state index in [0.29, 0.717) is 17.5 Å². The van der Waals surface area contributed by atoms with Crippen molar-refractivity contribution in [1.82, 2.24) is 19.5 Å². The summed E-state index contributed by atoms with van der Waals surface area (Å²) in [6, 6.07) is 67.4. The Labute approximate surface area is 322 Å².